The largest absolute Gasteiger partial charge is 0.497 e. The van der Waals surface area contributed by atoms with E-state index >= 15 is 0 Å². The third kappa shape index (κ3) is 8.57. The van der Waals surface area contributed by atoms with Crippen LogP contribution < -0.4 is 25.4 Å². The number of thioether (sulfide) groups is 1. The molecular weight excluding hydrogens is 621 g/mol. The van der Waals surface area contributed by atoms with Crippen LogP contribution in [0.2, 0.25) is 10.0 Å². The fraction of sp³-hybridized carbons (Fsp3) is 0.121. The van der Waals surface area contributed by atoms with Gasteiger partial charge in [-0.05, 0) is 73.7 Å². The van der Waals surface area contributed by atoms with Gasteiger partial charge >= 0.3 is 0 Å². The number of hydrogen-bond donors (Lipinski definition) is 3. The molecule has 44 heavy (non-hydrogen) atoms. The van der Waals surface area contributed by atoms with Crippen LogP contribution in [0, 0.1) is 0 Å². The fourth-order valence-electron chi connectivity index (χ4n) is 3.99. The second kappa shape index (κ2) is 15.3. The fourth-order valence-corrected chi connectivity index (χ4v) is 5.26. The SMILES string of the molecule is COc1ccc(OC)c(/C=C(/NC(=O)c2ccccc2)C(=O)Nc2cccc(SC(C)C(=O)Nc3cccc(Cl)c3Cl)c2)c1. The summed E-state index contributed by atoms with van der Waals surface area (Å²) in [4.78, 5) is 40.2. The van der Waals surface area contributed by atoms with Crippen LogP contribution in [0.1, 0.15) is 22.8 Å². The van der Waals surface area contributed by atoms with Crippen molar-refractivity contribution in [1.29, 1.82) is 0 Å². The van der Waals surface area contributed by atoms with Crippen LogP contribution in [-0.2, 0) is 9.59 Å². The van der Waals surface area contributed by atoms with Gasteiger partial charge in [-0.2, -0.15) is 0 Å². The van der Waals surface area contributed by atoms with Crippen molar-refractivity contribution in [3.8, 4) is 11.5 Å². The predicted octanol–water partition coefficient (Wildman–Crippen LogP) is 7.54. The summed E-state index contributed by atoms with van der Waals surface area (Å²) in [6.07, 6.45) is 1.52. The minimum absolute atomic E-state index is 0.0189. The number of nitrogens with one attached hydrogen (secondary N) is 3. The molecule has 3 amide bonds. The van der Waals surface area contributed by atoms with E-state index in [0.717, 1.165) is 4.90 Å². The molecule has 0 heterocycles. The molecule has 0 aliphatic rings. The van der Waals surface area contributed by atoms with Crippen molar-refractivity contribution in [2.24, 2.45) is 0 Å². The van der Waals surface area contributed by atoms with Crippen molar-refractivity contribution < 1.29 is 23.9 Å². The third-order valence-electron chi connectivity index (χ3n) is 6.25. The Labute approximate surface area is 269 Å². The number of carbonyl (C=O) groups is 3. The molecule has 0 radical (unpaired) electrons. The first-order chi connectivity index (χ1) is 21.2. The first-order valence-electron chi connectivity index (χ1n) is 13.3. The van der Waals surface area contributed by atoms with E-state index in [2.05, 4.69) is 16.0 Å². The Morgan fingerprint density at radius 1 is 0.841 bits per heavy atom. The first-order valence-corrected chi connectivity index (χ1v) is 14.9. The number of amides is 3. The van der Waals surface area contributed by atoms with Gasteiger partial charge in [-0.15, -0.1) is 11.8 Å². The number of benzene rings is 4. The first kappa shape index (κ1) is 32.5. The molecule has 1 unspecified atom stereocenters. The summed E-state index contributed by atoms with van der Waals surface area (Å²) in [5.41, 5.74) is 1.77. The summed E-state index contributed by atoms with van der Waals surface area (Å²) >= 11 is 13.6. The van der Waals surface area contributed by atoms with Gasteiger partial charge in [-0.25, -0.2) is 0 Å². The van der Waals surface area contributed by atoms with Crippen molar-refractivity contribution in [2.45, 2.75) is 17.1 Å². The number of methoxy groups -OCH3 is 2. The molecule has 0 aliphatic heterocycles. The van der Waals surface area contributed by atoms with E-state index in [-0.39, 0.29) is 16.6 Å². The van der Waals surface area contributed by atoms with E-state index in [9.17, 15) is 14.4 Å². The van der Waals surface area contributed by atoms with Crippen molar-refractivity contribution in [3.05, 3.63) is 118 Å². The zero-order chi connectivity index (χ0) is 31.6. The Morgan fingerprint density at radius 2 is 1.59 bits per heavy atom. The summed E-state index contributed by atoms with van der Waals surface area (Å²) in [6, 6.07) is 25.7. The van der Waals surface area contributed by atoms with Crippen molar-refractivity contribution in [2.75, 3.05) is 24.9 Å². The average molecular weight is 651 g/mol. The van der Waals surface area contributed by atoms with Gasteiger partial charge in [-0.3, -0.25) is 14.4 Å². The van der Waals surface area contributed by atoms with Gasteiger partial charge in [0.05, 0.1) is 35.2 Å². The van der Waals surface area contributed by atoms with Crippen LogP contribution in [-0.4, -0.2) is 37.2 Å². The van der Waals surface area contributed by atoms with Crippen molar-refractivity contribution >= 4 is 70.1 Å². The summed E-state index contributed by atoms with van der Waals surface area (Å²) in [6.45, 7) is 1.76. The molecule has 1 atom stereocenters. The van der Waals surface area contributed by atoms with Gasteiger partial charge in [0.15, 0.2) is 0 Å². The average Bonchev–Trinajstić information content (AvgIpc) is 3.03. The number of carbonyl (C=O) groups excluding carboxylic acids is 3. The van der Waals surface area contributed by atoms with E-state index in [1.54, 1.807) is 91.9 Å². The lowest BCUT2D eigenvalue weighted by Gasteiger charge is -2.15. The Hall–Kier alpha value is -4.44. The van der Waals surface area contributed by atoms with Gasteiger partial charge in [0.2, 0.25) is 5.91 Å². The number of halogens is 2. The predicted molar refractivity (Wildman–Crippen MR) is 177 cm³/mol. The molecule has 0 saturated heterocycles. The molecule has 4 aromatic rings. The Kier molecular flexibility index (Phi) is 11.3. The smallest absolute Gasteiger partial charge is 0.272 e. The molecule has 0 saturated carbocycles. The van der Waals surface area contributed by atoms with Gasteiger partial charge in [0, 0.05) is 21.7 Å². The minimum Gasteiger partial charge on any atom is -0.497 e. The summed E-state index contributed by atoms with van der Waals surface area (Å²) in [5.74, 6) is -0.267. The quantitative estimate of drug-likeness (QED) is 0.114. The van der Waals surface area contributed by atoms with Gasteiger partial charge in [-0.1, -0.05) is 53.5 Å². The topological polar surface area (TPSA) is 106 Å². The maximum Gasteiger partial charge on any atom is 0.272 e. The normalized spacial score (nSPS) is 11.7. The van der Waals surface area contributed by atoms with Crippen LogP contribution >= 0.6 is 35.0 Å². The summed E-state index contributed by atoms with van der Waals surface area (Å²) in [7, 11) is 3.04. The lowest BCUT2D eigenvalue weighted by molar-refractivity contribution is -0.115. The highest BCUT2D eigenvalue weighted by Crippen LogP contribution is 2.32. The molecule has 3 N–H and O–H groups in total. The summed E-state index contributed by atoms with van der Waals surface area (Å²) in [5, 5.41) is 8.45. The maximum atomic E-state index is 13.6. The second-order valence-electron chi connectivity index (χ2n) is 9.32. The van der Waals surface area contributed by atoms with E-state index in [4.69, 9.17) is 32.7 Å². The monoisotopic (exact) mass is 649 g/mol. The van der Waals surface area contributed by atoms with Crippen molar-refractivity contribution in [1.82, 2.24) is 5.32 Å². The molecule has 8 nitrogen and oxygen atoms in total. The van der Waals surface area contributed by atoms with Crippen LogP contribution in [0.15, 0.2) is 102 Å². The zero-order valence-electron chi connectivity index (χ0n) is 24.0. The van der Waals surface area contributed by atoms with E-state index < -0.39 is 17.1 Å². The lowest BCUT2D eigenvalue weighted by Crippen LogP contribution is -2.30. The highest BCUT2D eigenvalue weighted by Gasteiger charge is 2.19. The van der Waals surface area contributed by atoms with Crippen LogP contribution in [0.5, 0.6) is 11.5 Å². The molecule has 0 aromatic heterocycles. The zero-order valence-corrected chi connectivity index (χ0v) is 26.3. The molecule has 0 bridgehead atoms. The third-order valence-corrected chi connectivity index (χ3v) is 8.16. The molecule has 4 rings (SSSR count). The van der Waals surface area contributed by atoms with Gasteiger partial charge < -0.3 is 25.4 Å². The summed E-state index contributed by atoms with van der Waals surface area (Å²) < 4.78 is 10.8. The molecular formula is C33H29Cl2N3O5S. The van der Waals surface area contributed by atoms with E-state index in [0.29, 0.717) is 39.0 Å². The van der Waals surface area contributed by atoms with E-state index in [1.807, 2.05) is 6.07 Å². The van der Waals surface area contributed by atoms with Crippen LogP contribution in [0.25, 0.3) is 6.08 Å². The minimum atomic E-state index is -0.567. The molecule has 0 spiro atoms. The standard InChI is InChI=1S/C33H29Cl2N3O5S/c1-20(31(39)37-27-14-8-13-26(34)30(27)35)44-25-12-7-11-23(19-25)36-33(41)28(38-32(40)21-9-5-4-6-10-21)18-22-17-24(42-2)15-16-29(22)43-3/h4-20H,1-3H3,(H,36,41)(H,37,39)(H,38,40)/b28-18+. The van der Waals surface area contributed by atoms with E-state index in [1.165, 1.54) is 32.1 Å². The number of anilines is 2. The van der Waals surface area contributed by atoms with Crippen LogP contribution in [0.4, 0.5) is 11.4 Å². The Balaban J connectivity index is 1.54. The molecule has 0 fully saturated rings. The Bertz CT molecular complexity index is 1700. The number of ether oxygens (including phenoxy) is 2. The maximum absolute atomic E-state index is 13.6. The number of rotatable bonds is 11. The lowest BCUT2D eigenvalue weighted by atomic mass is 10.1. The molecule has 0 aliphatic carbocycles. The second-order valence-corrected chi connectivity index (χ2v) is 11.5. The van der Waals surface area contributed by atoms with Crippen molar-refractivity contribution in [3.63, 3.8) is 0 Å². The molecule has 4 aromatic carbocycles. The molecule has 11 heteroatoms. The van der Waals surface area contributed by atoms with Gasteiger partial charge in [0.1, 0.15) is 17.2 Å². The Morgan fingerprint density at radius 3 is 2.32 bits per heavy atom. The van der Waals surface area contributed by atoms with Gasteiger partial charge in [0.25, 0.3) is 11.8 Å². The highest BCUT2D eigenvalue weighted by atomic mass is 35.5. The van der Waals surface area contributed by atoms with Crippen LogP contribution in [0.3, 0.4) is 0 Å². The highest BCUT2D eigenvalue weighted by molar-refractivity contribution is 8.00. The number of hydrogen-bond acceptors (Lipinski definition) is 6. The molecule has 226 valence electrons.